The van der Waals surface area contributed by atoms with Crippen LogP contribution in [0.3, 0.4) is 0 Å². The Hall–Kier alpha value is -0.370. The number of hydrogen-bond donors (Lipinski definition) is 1. The molecule has 1 aliphatic heterocycles. The van der Waals surface area contributed by atoms with Gasteiger partial charge in [0.2, 0.25) is 0 Å². The third kappa shape index (κ3) is 1.08. The van der Waals surface area contributed by atoms with Crippen LogP contribution >= 0.6 is 0 Å². The molecule has 1 fully saturated rings. The third-order valence-corrected chi connectivity index (χ3v) is 4.42. The molecule has 0 atom stereocenters. The second kappa shape index (κ2) is 2.70. The van der Waals surface area contributed by atoms with Crippen LogP contribution < -0.4 is 0 Å². The summed E-state index contributed by atoms with van der Waals surface area (Å²) in [6.07, 6.45) is 7.05. The summed E-state index contributed by atoms with van der Waals surface area (Å²) in [4.78, 5) is 4.65. The predicted molar refractivity (Wildman–Crippen MR) is 45.4 cm³/mol. The fourth-order valence-corrected chi connectivity index (χ4v) is 3.65. The molecule has 0 bridgehead atoms. The van der Waals surface area contributed by atoms with E-state index < -0.39 is 0 Å². The first kappa shape index (κ1) is 6.35. The molecule has 10 heavy (non-hydrogen) atoms. The maximum atomic E-state index is 3.11. The van der Waals surface area contributed by atoms with Gasteiger partial charge in [-0.05, 0) is 12.8 Å². The first-order valence-electron chi connectivity index (χ1n) is 3.77. The Morgan fingerprint density at radius 3 is 2.70 bits per heavy atom. The first-order chi connectivity index (χ1) is 4.97. The summed E-state index contributed by atoms with van der Waals surface area (Å²) < 4.78 is 0. The predicted octanol–water partition coefficient (Wildman–Crippen LogP) is 1.79. The van der Waals surface area contributed by atoms with E-state index in [2.05, 4.69) is 17.2 Å². The molecular weight excluding hydrogens is 142 g/mol. The molecule has 0 radical (unpaired) electrons. The molecule has 1 aromatic rings. The van der Waals surface area contributed by atoms with Crippen molar-refractivity contribution in [2.24, 2.45) is 0 Å². The highest BCUT2D eigenvalue weighted by Gasteiger charge is 2.26. The highest BCUT2D eigenvalue weighted by Crippen LogP contribution is 2.21. The van der Waals surface area contributed by atoms with Crippen LogP contribution in [-0.4, -0.2) is 16.5 Å². The summed E-state index contributed by atoms with van der Waals surface area (Å²) in [5.41, 5.74) is 0. The maximum absolute atomic E-state index is 3.11. The Bertz CT molecular complexity index is 187. The second-order valence-electron chi connectivity index (χ2n) is 2.65. The van der Waals surface area contributed by atoms with E-state index in [1.54, 1.807) is 0 Å². The molecule has 2 rings (SSSR count). The van der Waals surface area contributed by atoms with Crippen LogP contribution in [0, 0.1) is 0 Å². The summed E-state index contributed by atoms with van der Waals surface area (Å²) in [6.45, 7) is 0. The van der Waals surface area contributed by atoms with Gasteiger partial charge < -0.3 is 4.98 Å². The Balaban J connectivity index is 2.12. The lowest BCUT2D eigenvalue weighted by Gasteiger charge is -1.92. The van der Waals surface area contributed by atoms with E-state index in [-0.39, 0.29) is 0 Å². The van der Waals surface area contributed by atoms with Gasteiger partial charge in [0.25, 0.3) is 0 Å². The van der Waals surface area contributed by atoms with Crippen molar-refractivity contribution >= 4 is 10.9 Å². The minimum atomic E-state index is 0.609. The van der Waals surface area contributed by atoms with Crippen LogP contribution in [0.5, 0.6) is 0 Å². The molecule has 1 N–H and O–H groups in total. The number of aromatic amines is 1. The lowest BCUT2D eigenvalue weighted by Crippen LogP contribution is -2.01. The summed E-state index contributed by atoms with van der Waals surface area (Å²) in [7, 11) is 0.609. The zero-order chi connectivity index (χ0) is 6.81. The molecular formula is C8H12NS+. The van der Waals surface area contributed by atoms with Crippen LogP contribution in [0.4, 0.5) is 0 Å². The number of nitrogens with one attached hydrogen (secondary N) is 1. The van der Waals surface area contributed by atoms with Crippen LogP contribution in [0.2, 0.25) is 0 Å². The van der Waals surface area contributed by atoms with Gasteiger partial charge in [-0.3, -0.25) is 0 Å². The number of H-pyrrole nitrogens is 1. The van der Waals surface area contributed by atoms with Crippen LogP contribution in [0.25, 0.3) is 0 Å². The van der Waals surface area contributed by atoms with E-state index in [1.165, 1.54) is 29.2 Å². The maximum Gasteiger partial charge on any atom is 0.172 e. The standard InChI is InChI=1S/C8H12NS/c1-2-6-10(5-1)8-3-4-9-7-8/h3-4,7,9H,1-2,5-6H2/q+1. The molecule has 1 aromatic heterocycles. The third-order valence-electron chi connectivity index (χ3n) is 1.93. The van der Waals surface area contributed by atoms with Gasteiger partial charge in [-0.25, -0.2) is 0 Å². The molecule has 1 nitrogen and oxygen atoms in total. The lowest BCUT2D eigenvalue weighted by molar-refractivity contribution is 0.949. The van der Waals surface area contributed by atoms with E-state index in [1.807, 2.05) is 6.20 Å². The van der Waals surface area contributed by atoms with Gasteiger partial charge in [0.15, 0.2) is 4.90 Å². The molecule has 0 spiro atoms. The monoisotopic (exact) mass is 154 g/mol. The van der Waals surface area contributed by atoms with Crippen molar-refractivity contribution in [3.63, 3.8) is 0 Å². The Labute approximate surface area is 64.2 Å². The van der Waals surface area contributed by atoms with E-state index in [4.69, 9.17) is 0 Å². The van der Waals surface area contributed by atoms with Gasteiger partial charge in [0.05, 0.1) is 6.20 Å². The highest BCUT2D eigenvalue weighted by molar-refractivity contribution is 7.97. The summed E-state index contributed by atoms with van der Waals surface area (Å²) in [5.74, 6) is 2.86. The fraction of sp³-hybridized carbons (Fsp3) is 0.500. The van der Waals surface area contributed by atoms with Crippen LogP contribution in [-0.2, 0) is 10.9 Å². The van der Waals surface area contributed by atoms with Crippen molar-refractivity contribution in [3.05, 3.63) is 18.5 Å². The second-order valence-corrected chi connectivity index (χ2v) is 4.93. The van der Waals surface area contributed by atoms with Crippen molar-refractivity contribution in [1.82, 2.24) is 4.98 Å². The van der Waals surface area contributed by atoms with Gasteiger partial charge in [0, 0.05) is 23.2 Å². The minimum absolute atomic E-state index is 0.609. The molecule has 0 aliphatic carbocycles. The van der Waals surface area contributed by atoms with E-state index >= 15 is 0 Å². The number of aromatic nitrogens is 1. The normalized spacial score (nSPS) is 20.0. The number of rotatable bonds is 1. The van der Waals surface area contributed by atoms with Crippen molar-refractivity contribution in [2.45, 2.75) is 17.7 Å². The molecule has 2 heterocycles. The summed E-state index contributed by atoms with van der Waals surface area (Å²) in [6, 6.07) is 2.22. The van der Waals surface area contributed by atoms with Crippen LogP contribution in [0.1, 0.15) is 12.8 Å². The van der Waals surface area contributed by atoms with Crippen molar-refractivity contribution in [1.29, 1.82) is 0 Å². The smallest absolute Gasteiger partial charge is 0.172 e. The fourth-order valence-electron chi connectivity index (χ4n) is 1.38. The van der Waals surface area contributed by atoms with Gasteiger partial charge in [0.1, 0.15) is 11.5 Å². The quantitative estimate of drug-likeness (QED) is 0.593. The molecule has 54 valence electrons. The average molecular weight is 154 g/mol. The topological polar surface area (TPSA) is 15.8 Å². The van der Waals surface area contributed by atoms with E-state index in [0.717, 1.165) is 0 Å². The van der Waals surface area contributed by atoms with Gasteiger partial charge >= 0.3 is 0 Å². The zero-order valence-corrected chi connectivity index (χ0v) is 6.79. The number of hydrogen-bond acceptors (Lipinski definition) is 0. The van der Waals surface area contributed by atoms with Crippen molar-refractivity contribution in [2.75, 3.05) is 11.5 Å². The van der Waals surface area contributed by atoms with Gasteiger partial charge in [-0.15, -0.1) is 0 Å². The first-order valence-corrected chi connectivity index (χ1v) is 5.33. The average Bonchev–Trinajstić information content (AvgIpc) is 2.59. The molecule has 2 heteroatoms. The van der Waals surface area contributed by atoms with Crippen LogP contribution in [0.15, 0.2) is 23.4 Å². The molecule has 0 saturated carbocycles. The highest BCUT2D eigenvalue weighted by atomic mass is 32.2. The lowest BCUT2D eigenvalue weighted by atomic mass is 10.4. The summed E-state index contributed by atoms with van der Waals surface area (Å²) in [5, 5.41) is 0. The van der Waals surface area contributed by atoms with Gasteiger partial charge in [-0.2, -0.15) is 0 Å². The molecule has 0 amide bonds. The van der Waals surface area contributed by atoms with Gasteiger partial charge in [-0.1, -0.05) is 0 Å². The minimum Gasteiger partial charge on any atom is -0.363 e. The molecule has 0 aromatic carbocycles. The van der Waals surface area contributed by atoms with E-state index in [0.29, 0.717) is 10.9 Å². The van der Waals surface area contributed by atoms with E-state index in [9.17, 15) is 0 Å². The Morgan fingerprint density at radius 2 is 2.10 bits per heavy atom. The molecule has 1 aliphatic rings. The molecule has 0 unspecified atom stereocenters. The van der Waals surface area contributed by atoms with Crippen molar-refractivity contribution in [3.8, 4) is 0 Å². The summed E-state index contributed by atoms with van der Waals surface area (Å²) >= 11 is 0. The largest absolute Gasteiger partial charge is 0.363 e. The molecule has 1 saturated heterocycles. The zero-order valence-electron chi connectivity index (χ0n) is 5.97. The SMILES string of the molecule is c1cc([S+]2CCCC2)c[nH]1. The van der Waals surface area contributed by atoms with Crippen molar-refractivity contribution < 1.29 is 0 Å². The Morgan fingerprint density at radius 1 is 1.30 bits per heavy atom. The Kier molecular flexibility index (Phi) is 1.72.